The average molecular weight is 463 g/mol. The van der Waals surface area contributed by atoms with E-state index >= 15 is 0 Å². The number of hydrogen-bond acceptors (Lipinski definition) is 8. The summed E-state index contributed by atoms with van der Waals surface area (Å²) in [4.78, 5) is 41.1. The molecule has 2 fully saturated rings. The van der Waals surface area contributed by atoms with Crippen LogP contribution in [0.4, 0.5) is 9.80 Å². The monoisotopic (exact) mass is 462 g/mol. The van der Waals surface area contributed by atoms with E-state index in [4.69, 9.17) is 14.2 Å². The zero-order chi connectivity index (χ0) is 22.9. The number of hydrogen-bond donors (Lipinski definition) is 1. The first kappa shape index (κ1) is 21.4. The molecule has 8 unspecified atom stereocenters. The summed E-state index contributed by atoms with van der Waals surface area (Å²) >= 11 is 1.31. The van der Waals surface area contributed by atoms with E-state index in [2.05, 4.69) is 0 Å². The smallest absolute Gasteiger partial charge is 0.412 e. The van der Waals surface area contributed by atoms with Crippen LogP contribution in [0.15, 0.2) is 29.2 Å². The van der Waals surface area contributed by atoms with Crippen LogP contribution in [0, 0.1) is 11.8 Å². The Morgan fingerprint density at radius 2 is 2.03 bits per heavy atom. The molecule has 32 heavy (non-hydrogen) atoms. The number of likely N-dealkylation sites (N-methyl/N-ethyl adjacent to an activating group) is 1. The van der Waals surface area contributed by atoms with E-state index in [0.29, 0.717) is 17.0 Å². The van der Waals surface area contributed by atoms with Gasteiger partial charge in [0.2, 0.25) is 0 Å². The van der Waals surface area contributed by atoms with Gasteiger partial charge in [0.05, 0.1) is 29.2 Å². The number of carbonyl (C=O) groups excluding carboxylic acids is 2. The Hall–Kier alpha value is -2.43. The molecular formula is C22H26N2O7S. The molecule has 1 aromatic heterocycles. The molecule has 0 spiro atoms. The zero-order valence-electron chi connectivity index (χ0n) is 18.3. The third-order valence-electron chi connectivity index (χ3n) is 7.15. The maximum Gasteiger partial charge on any atom is 0.412 e. The highest BCUT2D eigenvalue weighted by atomic mass is 32.1. The highest BCUT2D eigenvalue weighted by Crippen LogP contribution is 2.52. The van der Waals surface area contributed by atoms with Crippen LogP contribution in [-0.2, 0) is 23.8 Å². The lowest BCUT2D eigenvalue weighted by molar-refractivity contribution is -0.144. The van der Waals surface area contributed by atoms with Gasteiger partial charge in [-0.1, -0.05) is 6.92 Å². The van der Waals surface area contributed by atoms with Crippen LogP contribution in [0.1, 0.15) is 20.3 Å². The van der Waals surface area contributed by atoms with Crippen molar-refractivity contribution in [1.29, 1.82) is 0 Å². The van der Waals surface area contributed by atoms with E-state index in [1.54, 1.807) is 25.1 Å². The van der Waals surface area contributed by atoms with Crippen LogP contribution in [-0.4, -0.2) is 78.1 Å². The molecule has 1 N–H and O–H groups in total. The molecule has 0 radical (unpaired) electrons. The Morgan fingerprint density at radius 3 is 2.66 bits per heavy atom. The van der Waals surface area contributed by atoms with Gasteiger partial charge < -0.3 is 24.2 Å². The summed E-state index contributed by atoms with van der Waals surface area (Å²) in [5.74, 6) is -1.53. The quantitative estimate of drug-likeness (QED) is 0.538. The average Bonchev–Trinajstić information content (AvgIpc) is 3.07. The molecule has 172 valence electrons. The van der Waals surface area contributed by atoms with Crippen molar-refractivity contribution in [1.82, 2.24) is 4.90 Å². The van der Waals surface area contributed by atoms with Gasteiger partial charge in [0.15, 0.2) is 0 Å². The molecule has 2 bridgehead atoms. The van der Waals surface area contributed by atoms with Crippen LogP contribution < -0.4 is 4.90 Å². The van der Waals surface area contributed by atoms with Gasteiger partial charge in [-0.05, 0) is 44.6 Å². The fourth-order valence-corrected chi connectivity index (χ4v) is 6.37. The number of amides is 1. The van der Waals surface area contributed by atoms with Gasteiger partial charge in [-0.15, -0.1) is 11.3 Å². The second-order valence-corrected chi connectivity index (χ2v) is 10.3. The third kappa shape index (κ3) is 3.15. The Kier molecular flexibility index (Phi) is 4.88. The first-order valence-corrected chi connectivity index (χ1v) is 11.5. The van der Waals surface area contributed by atoms with Gasteiger partial charge in [-0.2, -0.15) is 0 Å². The molecule has 8 atom stereocenters. The summed E-state index contributed by atoms with van der Waals surface area (Å²) in [6, 6.07) is 2.24. The van der Waals surface area contributed by atoms with Crippen LogP contribution in [0.3, 0.4) is 0 Å². The third-order valence-corrected chi connectivity index (χ3v) is 8.02. The van der Waals surface area contributed by atoms with Crippen molar-refractivity contribution in [3.8, 4) is 0 Å². The molecule has 0 aromatic carbocycles. The molecule has 4 heterocycles. The molecule has 3 aliphatic heterocycles. The number of esters is 2. The van der Waals surface area contributed by atoms with Crippen molar-refractivity contribution in [2.24, 2.45) is 11.8 Å². The van der Waals surface area contributed by atoms with Crippen LogP contribution in [0.2, 0.25) is 0 Å². The van der Waals surface area contributed by atoms with Crippen LogP contribution in [0.25, 0.3) is 0 Å². The molecule has 1 amide bonds. The molecule has 4 aliphatic rings. The number of carboxylic acid groups (broad SMARTS) is 1. The van der Waals surface area contributed by atoms with E-state index in [-0.39, 0.29) is 11.9 Å². The van der Waals surface area contributed by atoms with Gasteiger partial charge in [-0.3, -0.25) is 9.69 Å². The minimum Gasteiger partial charge on any atom is -0.465 e. The Labute approximate surface area is 189 Å². The second-order valence-electron chi connectivity index (χ2n) is 9.39. The maximum absolute atomic E-state index is 13.1. The number of rotatable bonds is 3. The summed E-state index contributed by atoms with van der Waals surface area (Å²) in [5, 5.41) is 12.6. The van der Waals surface area contributed by atoms with E-state index in [1.807, 2.05) is 31.3 Å². The number of carbonyl (C=O) groups is 3. The fourth-order valence-electron chi connectivity index (χ4n) is 5.60. The highest BCUT2D eigenvalue weighted by Gasteiger charge is 2.65. The first-order chi connectivity index (χ1) is 15.1. The van der Waals surface area contributed by atoms with Crippen molar-refractivity contribution in [3.63, 3.8) is 0 Å². The number of anilines is 1. The lowest BCUT2D eigenvalue weighted by Crippen LogP contribution is -2.57. The Bertz CT molecular complexity index is 992. The predicted molar refractivity (Wildman–Crippen MR) is 114 cm³/mol. The molecule has 10 heteroatoms. The summed E-state index contributed by atoms with van der Waals surface area (Å²) in [5.41, 5.74) is -0.310. The molecule has 1 aliphatic carbocycles. The summed E-state index contributed by atoms with van der Waals surface area (Å²) in [6.45, 7) is 3.71. The number of fused-ring (bicyclic) bond motifs is 4. The van der Waals surface area contributed by atoms with E-state index in [0.717, 1.165) is 0 Å². The number of ether oxygens (including phenoxy) is 3. The van der Waals surface area contributed by atoms with E-state index < -0.39 is 54.0 Å². The molecular weight excluding hydrogens is 436 g/mol. The minimum atomic E-state index is -1.12. The molecule has 2 saturated heterocycles. The van der Waals surface area contributed by atoms with E-state index in [1.165, 1.54) is 16.2 Å². The summed E-state index contributed by atoms with van der Waals surface area (Å²) in [6.07, 6.45) is -0.529. The van der Waals surface area contributed by atoms with Crippen molar-refractivity contribution < 1.29 is 33.7 Å². The fraction of sp³-hybridized carbons (Fsp3) is 0.591. The number of epoxide rings is 1. The van der Waals surface area contributed by atoms with Gasteiger partial charge in [0, 0.05) is 12.3 Å². The molecule has 5 rings (SSSR count). The predicted octanol–water partition coefficient (Wildman–Crippen LogP) is 2.12. The summed E-state index contributed by atoms with van der Waals surface area (Å²) in [7, 11) is 3.62. The van der Waals surface area contributed by atoms with Crippen molar-refractivity contribution in [2.45, 2.75) is 56.3 Å². The largest absolute Gasteiger partial charge is 0.465 e. The molecule has 0 saturated carbocycles. The van der Waals surface area contributed by atoms with Crippen molar-refractivity contribution in [2.75, 3.05) is 19.0 Å². The lowest BCUT2D eigenvalue weighted by atomic mass is 9.79. The highest BCUT2D eigenvalue weighted by molar-refractivity contribution is 7.14. The SMILES string of the molecule is CC1C(=O)OC2CC3(C)OC3C(N(C(=O)O)c3cccs3)C(N(C)C)C3=CC(OC3=O)C21. The van der Waals surface area contributed by atoms with Crippen LogP contribution in [0.5, 0.6) is 0 Å². The topological polar surface area (TPSA) is 109 Å². The number of nitrogens with zero attached hydrogens (tertiary/aromatic N) is 2. The maximum atomic E-state index is 13.1. The standard InChI is InChI=1S/C22H26N2O7S/c1-10-15-12-8-11(20(26)29-12)16(23(3)4)17(24(21(27)28)14-6-5-7-32-14)18-22(2,31-18)9-13(15)30-19(10)25/h5-8,10,12-13,15-18H,9H2,1-4H3,(H,27,28). The van der Waals surface area contributed by atoms with Gasteiger partial charge in [-0.25, -0.2) is 9.59 Å². The normalized spacial score (nSPS) is 40.2. The molecule has 9 nitrogen and oxygen atoms in total. The van der Waals surface area contributed by atoms with Crippen molar-refractivity contribution >= 4 is 34.4 Å². The zero-order valence-corrected chi connectivity index (χ0v) is 19.1. The lowest BCUT2D eigenvalue weighted by Gasteiger charge is -2.38. The minimum absolute atomic E-state index is 0.308. The first-order valence-electron chi connectivity index (χ1n) is 10.7. The number of thiophene rings is 1. The summed E-state index contributed by atoms with van der Waals surface area (Å²) < 4.78 is 17.6. The van der Waals surface area contributed by atoms with E-state index in [9.17, 15) is 19.5 Å². The Morgan fingerprint density at radius 1 is 1.28 bits per heavy atom. The van der Waals surface area contributed by atoms with Gasteiger partial charge in [0.1, 0.15) is 23.3 Å². The van der Waals surface area contributed by atoms with Crippen LogP contribution >= 0.6 is 11.3 Å². The van der Waals surface area contributed by atoms with Crippen molar-refractivity contribution in [3.05, 3.63) is 29.2 Å². The second kappa shape index (κ2) is 7.29. The van der Waals surface area contributed by atoms with Gasteiger partial charge >= 0.3 is 18.0 Å². The molecule has 1 aromatic rings. The van der Waals surface area contributed by atoms with Gasteiger partial charge in [0.25, 0.3) is 0 Å². The Balaban J connectivity index is 1.66.